The van der Waals surface area contributed by atoms with Crippen LogP contribution in [0, 0.1) is 5.92 Å². The van der Waals surface area contributed by atoms with Crippen molar-refractivity contribution in [2.24, 2.45) is 5.92 Å². The maximum atomic E-state index is 13.2. The van der Waals surface area contributed by atoms with E-state index in [4.69, 9.17) is 4.74 Å². The van der Waals surface area contributed by atoms with Crippen molar-refractivity contribution in [3.63, 3.8) is 0 Å². The number of carbonyl (C=O) groups is 1. The first-order valence-electron chi connectivity index (χ1n) is 13.4. The molecule has 2 unspecified atom stereocenters. The highest BCUT2D eigenvalue weighted by Crippen LogP contribution is 2.34. The molecule has 3 N–H and O–H groups in total. The third-order valence-corrected chi connectivity index (χ3v) is 8.16. The molecule has 1 aliphatic heterocycles. The molecule has 7 nitrogen and oxygen atoms in total. The van der Waals surface area contributed by atoms with E-state index in [1.54, 1.807) is 30.3 Å². The van der Waals surface area contributed by atoms with Crippen LogP contribution in [0.15, 0.2) is 77.7 Å². The van der Waals surface area contributed by atoms with Crippen LogP contribution in [0.3, 0.4) is 0 Å². The van der Waals surface area contributed by atoms with Crippen LogP contribution in [0.1, 0.15) is 61.0 Å². The number of ether oxygens (including phenoxy) is 1. The normalized spacial score (nSPS) is 16.1. The Morgan fingerprint density at radius 2 is 1.78 bits per heavy atom. The summed E-state index contributed by atoms with van der Waals surface area (Å²) in [4.78, 5) is 12.7. The average molecular weight is 590 g/mol. The summed E-state index contributed by atoms with van der Waals surface area (Å²) in [6, 6.07) is 16.5. The molecule has 4 rings (SSSR count). The van der Waals surface area contributed by atoms with Crippen molar-refractivity contribution < 1.29 is 31.1 Å². The van der Waals surface area contributed by atoms with Crippen molar-refractivity contribution in [3.05, 3.63) is 95.1 Å². The van der Waals surface area contributed by atoms with Gasteiger partial charge < -0.3 is 15.4 Å². The molecule has 41 heavy (non-hydrogen) atoms. The van der Waals surface area contributed by atoms with Gasteiger partial charge in [0.15, 0.2) is 0 Å². The molecule has 11 heteroatoms. The summed E-state index contributed by atoms with van der Waals surface area (Å²) in [5, 5.41) is 6.38. The van der Waals surface area contributed by atoms with E-state index >= 15 is 0 Å². The van der Waals surface area contributed by atoms with Gasteiger partial charge in [-0.15, -0.1) is 0 Å². The van der Waals surface area contributed by atoms with E-state index in [1.165, 1.54) is 0 Å². The summed E-state index contributed by atoms with van der Waals surface area (Å²) in [7, 11) is -4.39. The Labute approximate surface area is 238 Å². The van der Waals surface area contributed by atoms with Crippen LogP contribution in [0.5, 0.6) is 5.75 Å². The third kappa shape index (κ3) is 8.31. The van der Waals surface area contributed by atoms with E-state index in [9.17, 15) is 26.4 Å². The predicted octanol–water partition coefficient (Wildman–Crippen LogP) is 5.50. The Morgan fingerprint density at radius 3 is 2.49 bits per heavy atom. The van der Waals surface area contributed by atoms with Gasteiger partial charge in [-0.3, -0.25) is 4.79 Å². The van der Waals surface area contributed by atoms with Gasteiger partial charge in [-0.2, -0.15) is 13.2 Å². The van der Waals surface area contributed by atoms with Crippen molar-refractivity contribution in [3.8, 4) is 5.75 Å². The van der Waals surface area contributed by atoms with Crippen molar-refractivity contribution in [1.82, 2.24) is 15.4 Å². The van der Waals surface area contributed by atoms with E-state index < -0.39 is 38.6 Å². The molecular formula is C30H34F3N3O4S. The number of carbonyl (C=O) groups excluding carboxylic acids is 1. The summed E-state index contributed by atoms with van der Waals surface area (Å²) in [6.07, 6.45) is -4.42. The molecule has 0 saturated carbocycles. The van der Waals surface area contributed by atoms with Crippen molar-refractivity contribution in [2.75, 3.05) is 13.2 Å². The van der Waals surface area contributed by atoms with Gasteiger partial charge in [0.25, 0.3) is 0 Å². The minimum Gasteiger partial charge on any atom is -0.493 e. The Balaban J connectivity index is 1.49. The van der Waals surface area contributed by atoms with E-state index in [2.05, 4.69) is 29.2 Å². The number of sulfonamides is 1. The highest BCUT2D eigenvalue weighted by atomic mass is 32.2. The van der Waals surface area contributed by atoms with Gasteiger partial charge in [0.05, 0.1) is 29.1 Å². The predicted molar refractivity (Wildman–Crippen MR) is 150 cm³/mol. The fraction of sp³-hybridized carbons (Fsp3) is 0.367. The summed E-state index contributed by atoms with van der Waals surface area (Å²) in [6.45, 7) is 6.25. The van der Waals surface area contributed by atoms with E-state index in [0.29, 0.717) is 42.9 Å². The van der Waals surface area contributed by atoms with Crippen LogP contribution < -0.4 is 20.1 Å². The van der Waals surface area contributed by atoms with E-state index in [1.807, 2.05) is 18.2 Å². The first-order valence-corrected chi connectivity index (χ1v) is 14.9. The zero-order valence-electron chi connectivity index (χ0n) is 22.9. The van der Waals surface area contributed by atoms with Gasteiger partial charge >= 0.3 is 6.18 Å². The lowest BCUT2D eigenvalue weighted by Gasteiger charge is -2.28. The number of amides is 1. The zero-order valence-corrected chi connectivity index (χ0v) is 23.7. The lowest BCUT2D eigenvalue weighted by Crippen LogP contribution is -2.36. The molecule has 0 saturated heterocycles. The molecule has 3 aromatic carbocycles. The van der Waals surface area contributed by atoms with Crippen LogP contribution in [-0.2, 0) is 27.5 Å². The molecule has 1 aliphatic rings. The lowest BCUT2D eigenvalue weighted by molar-refractivity contribution is -0.137. The molecule has 2 atom stereocenters. The van der Waals surface area contributed by atoms with Gasteiger partial charge in [-0.1, -0.05) is 62.4 Å². The van der Waals surface area contributed by atoms with Crippen LogP contribution >= 0.6 is 0 Å². The highest BCUT2D eigenvalue weighted by Gasteiger charge is 2.33. The molecule has 1 heterocycles. The smallest absolute Gasteiger partial charge is 0.416 e. The van der Waals surface area contributed by atoms with Crippen molar-refractivity contribution >= 4 is 15.9 Å². The molecule has 0 aromatic heterocycles. The number of hydrogen-bond acceptors (Lipinski definition) is 5. The third-order valence-electron chi connectivity index (χ3n) is 6.69. The Kier molecular flexibility index (Phi) is 9.72. The number of hydrogen-bond donors (Lipinski definition) is 3. The molecule has 0 spiro atoms. The van der Waals surface area contributed by atoms with Gasteiger partial charge in [0, 0.05) is 24.9 Å². The first-order chi connectivity index (χ1) is 19.4. The second kappa shape index (κ2) is 13.1. The van der Waals surface area contributed by atoms with Gasteiger partial charge in [-0.25, -0.2) is 13.1 Å². The summed E-state index contributed by atoms with van der Waals surface area (Å²) >= 11 is 0. The van der Waals surface area contributed by atoms with Crippen LogP contribution in [-0.4, -0.2) is 27.5 Å². The fourth-order valence-corrected chi connectivity index (χ4v) is 5.92. The second-order valence-electron chi connectivity index (χ2n) is 10.5. The molecule has 220 valence electrons. The van der Waals surface area contributed by atoms with Gasteiger partial charge in [0.1, 0.15) is 5.75 Å². The maximum Gasteiger partial charge on any atom is 0.416 e. The quantitative estimate of drug-likeness (QED) is 0.275. The van der Waals surface area contributed by atoms with Crippen LogP contribution in [0.4, 0.5) is 13.2 Å². The van der Waals surface area contributed by atoms with E-state index in [0.717, 1.165) is 35.9 Å². The maximum absolute atomic E-state index is 13.2. The molecular weight excluding hydrogens is 555 g/mol. The number of rotatable bonds is 11. The zero-order chi connectivity index (χ0) is 29.6. The molecule has 0 aliphatic carbocycles. The number of fused-ring (bicyclic) bond motifs is 1. The summed E-state index contributed by atoms with van der Waals surface area (Å²) in [5.41, 5.74) is 1.32. The average Bonchev–Trinajstić information content (AvgIpc) is 2.92. The fourth-order valence-electron chi connectivity index (χ4n) is 4.65. The molecule has 0 radical (unpaired) electrons. The first kappa shape index (κ1) is 30.5. The molecule has 0 bridgehead atoms. The monoisotopic (exact) mass is 589 g/mol. The van der Waals surface area contributed by atoms with Crippen molar-refractivity contribution in [2.45, 2.75) is 56.4 Å². The molecule has 1 amide bonds. The van der Waals surface area contributed by atoms with Gasteiger partial charge in [-0.05, 0) is 47.9 Å². The minimum atomic E-state index is -4.70. The second-order valence-corrected chi connectivity index (χ2v) is 12.2. The van der Waals surface area contributed by atoms with Crippen molar-refractivity contribution in [1.29, 1.82) is 0 Å². The number of halogens is 3. The summed E-state index contributed by atoms with van der Waals surface area (Å²) < 4.78 is 74.2. The SMILES string of the molecule is CC(C)CNCc1ccc2c(c1)OCCC2NC(=O)CC(NS(=O)(=O)c1cccc(C(F)(F)F)c1)c1ccccc1. The molecule has 3 aromatic rings. The molecule has 0 fully saturated rings. The number of nitrogens with one attached hydrogen (secondary N) is 3. The number of benzene rings is 3. The topological polar surface area (TPSA) is 96.5 Å². The van der Waals surface area contributed by atoms with E-state index in [-0.39, 0.29) is 12.5 Å². The largest absolute Gasteiger partial charge is 0.493 e. The Morgan fingerprint density at radius 1 is 1.02 bits per heavy atom. The standard InChI is InChI=1S/C30H34F3N3O4S/c1-20(2)18-34-19-21-11-12-25-26(13-14-40-28(25)15-21)35-29(37)17-27(22-7-4-3-5-8-22)36-41(38,39)24-10-6-9-23(16-24)30(31,32)33/h3-12,15-16,20,26-27,34,36H,13-14,17-19H2,1-2H3,(H,35,37). The van der Waals surface area contributed by atoms with Crippen LogP contribution in [0.25, 0.3) is 0 Å². The highest BCUT2D eigenvalue weighted by molar-refractivity contribution is 7.89. The Bertz CT molecular complexity index is 1450. The minimum absolute atomic E-state index is 0.258. The lowest BCUT2D eigenvalue weighted by atomic mass is 9.98. The summed E-state index contributed by atoms with van der Waals surface area (Å²) in [5.74, 6) is 0.805. The Hall–Kier alpha value is -3.41. The van der Waals surface area contributed by atoms with Gasteiger partial charge in [0.2, 0.25) is 15.9 Å². The van der Waals surface area contributed by atoms with Crippen LogP contribution in [0.2, 0.25) is 0 Å². The number of alkyl halides is 3.